The van der Waals surface area contributed by atoms with Crippen LogP contribution in [0.5, 0.6) is 0 Å². The predicted molar refractivity (Wildman–Crippen MR) is 114 cm³/mol. The molecule has 0 saturated carbocycles. The van der Waals surface area contributed by atoms with Crippen LogP contribution in [0.2, 0.25) is 0 Å². The molecule has 0 radical (unpaired) electrons. The quantitative estimate of drug-likeness (QED) is 0.664. The molecule has 2 fully saturated rings. The first-order valence-corrected chi connectivity index (χ1v) is 10.9. The van der Waals surface area contributed by atoms with E-state index in [1.165, 1.54) is 11.3 Å². The van der Waals surface area contributed by atoms with Crippen molar-refractivity contribution in [1.29, 1.82) is 0 Å². The van der Waals surface area contributed by atoms with Gasteiger partial charge in [-0.2, -0.15) is 0 Å². The number of fused-ring (bicyclic) bond motifs is 1. The van der Waals surface area contributed by atoms with Crippen LogP contribution < -0.4 is 16.4 Å². The highest BCUT2D eigenvalue weighted by Gasteiger charge is 2.25. The van der Waals surface area contributed by atoms with Crippen LogP contribution in [0, 0.1) is 5.92 Å². The molecule has 2 saturated heterocycles. The van der Waals surface area contributed by atoms with E-state index < -0.39 is 5.91 Å². The van der Waals surface area contributed by atoms with Crippen molar-refractivity contribution in [2.75, 3.05) is 50.0 Å². The number of anilines is 2. The predicted octanol–water partition coefficient (Wildman–Crippen LogP) is 1.83. The molecule has 8 nitrogen and oxygen atoms in total. The molecule has 156 valence electrons. The van der Waals surface area contributed by atoms with Crippen molar-refractivity contribution in [1.82, 2.24) is 9.88 Å². The molecule has 0 bridgehead atoms. The number of likely N-dealkylation sites (tertiary alicyclic amines) is 1. The van der Waals surface area contributed by atoms with E-state index in [9.17, 15) is 9.59 Å². The number of thiophene rings is 1. The molecule has 4 rings (SSSR count). The fourth-order valence-corrected chi connectivity index (χ4v) is 5.20. The fraction of sp³-hybridized carbons (Fsp3) is 0.550. The summed E-state index contributed by atoms with van der Waals surface area (Å²) in [7, 11) is 0. The molecule has 2 aromatic heterocycles. The third kappa shape index (κ3) is 4.16. The average molecular weight is 418 g/mol. The van der Waals surface area contributed by atoms with Gasteiger partial charge in [-0.15, -0.1) is 11.3 Å². The Morgan fingerprint density at radius 1 is 1.34 bits per heavy atom. The second-order valence-corrected chi connectivity index (χ2v) is 8.73. The maximum atomic E-state index is 11.7. The summed E-state index contributed by atoms with van der Waals surface area (Å²) in [5.41, 5.74) is 13.1. The SMILES string of the molecule is NC(=O)c1sc2nccc(N3CCCC(COCCN4CCCC4=O)C3)c2c1N. The standard InChI is InChI=1S/C20H27N5O3S/c21-17-16-14(5-6-23-20(16)29-18(17)19(22)27)25-8-1-3-13(11-25)12-28-10-9-24-7-2-4-15(24)26/h5-6,13H,1-4,7-12,21H2,(H2,22,27). The number of carbonyl (C=O) groups excluding carboxylic acids is 2. The fourth-order valence-electron chi connectivity index (χ4n) is 4.26. The van der Waals surface area contributed by atoms with Gasteiger partial charge in [-0.1, -0.05) is 0 Å². The second-order valence-electron chi connectivity index (χ2n) is 7.73. The molecule has 9 heteroatoms. The van der Waals surface area contributed by atoms with Crippen LogP contribution in [-0.4, -0.2) is 61.1 Å². The maximum absolute atomic E-state index is 11.7. The van der Waals surface area contributed by atoms with Gasteiger partial charge in [0, 0.05) is 38.8 Å². The molecule has 29 heavy (non-hydrogen) atoms. The van der Waals surface area contributed by atoms with Gasteiger partial charge in [0.1, 0.15) is 9.71 Å². The Balaban J connectivity index is 1.39. The lowest BCUT2D eigenvalue weighted by Crippen LogP contribution is -2.38. The molecule has 2 aromatic rings. The lowest BCUT2D eigenvalue weighted by molar-refractivity contribution is -0.128. The summed E-state index contributed by atoms with van der Waals surface area (Å²) >= 11 is 1.25. The van der Waals surface area contributed by atoms with E-state index in [1.807, 2.05) is 11.0 Å². The van der Waals surface area contributed by atoms with Crippen LogP contribution in [0.1, 0.15) is 35.4 Å². The molecule has 0 aromatic carbocycles. The van der Waals surface area contributed by atoms with Crippen molar-refractivity contribution in [3.8, 4) is 0 Å². The first-order chi connectivity index (χ1) is 14.0. The Labute approximate surface area is 173 Å². The molecule has 1 atom stereocenters. The molecule has 2 aliphatic rings. The van der Waals surface area contributed by atoms with Crippen LogP contribution >= 0.6 is 11.3 Å². The van der Waals surface area contributed by atoms with E-state index in [4.69, 9.17) is 16.2 Å². The monoisotopic (exact) mass is 417 g/mol. The van der Waals surface area contributed by atoms with E-state index in [0.717, 1.165) is 54.8 Å². The molecule has 2 aliphatic heterocycles. The van der Waals surface area contributed by atoms with E-state index in [-0.39, 0.29) is 5.91 Å². The Kier molecular flexibility index (Phi) is 5.86. The molecule has 4 heterocycles. The number of hydrogen-bond donors (Lipinski definition) is 2. The van der Waals surface area contributed by atoms with E-state index in [2.05, 4.69) is 9.88 Å². The number of piperidine rings is 1. The summed E-state index contributed by atoms with van der Waals surface area (Å²) in [5, 5.41) is 0.820. The highest BCUT2D eigenvalue weighted by atomic mass is 32.1. The van der Waals surface area contributed by atoms with Gasteiger partial charge in [-0.3, -0.25) is 9.59 Å². The minimum atomic E-state index is -0.516. The van der Waals surface area contributed by atoms with Crippen molar-refractivity contribution >= 4 is 44.7 Å². The topological polar surface area (TPSA) is 115 Å². The largest absolute Gasteiger partial charge is 0.397 e. The highest BCUT2D eigenvalue weighted by molar-refractivity contribution is 7.21. The number of rotatable bonds is 7. The van der Waals surface area contributed by atoms with Crippen molar-refractivity contribution < 1.29 is 14.3 Å². The van der Waals surface area contributed by atoms with Gasteiger partial charge in [0.25, 0.3) is 5.91 Å². The minimum Gasteiger partial charge on any atom is -0.397 e. The summed E-state index contributed by atoms with van der Waals surface area (Å²) in [6.45, 7) is 4.59. The van der Waals surface area contributed by atoms with Crippen molar-refractivity contribution in [3.05, 3.63) is 17.1 Å². The number of carbonyl (C=O) groups is 2. The van der Waals surface area contributed by atoms with Gasteiger partial charge in [-0.05, 0) is 31.2 Å². The summed E-state index contributed by atoms with van der Waals surface area (Å²) in [5.74, 6) is 0.136. The number of hydrogen-bond acceptors (Lipinski definition) is 7. The Hall–Kier alpha value is -2.39. The van der Waals surface area contributed by atoms with Gasteiger partial charge in [0.2, 0.25) is 5.91 Å². The van der Waals surface area contributed by atoms with Crippen molar-refractivity contribution in [2.45, 2.75) is 25.7 Å². The zero-order valence-corrected chi connectivity index (χ0v) is 17.2. The van der Waals surface area contributed by atoms with E-state index in [1.54, 1.807) is 6.20 Å². The number of nitrogen functional groups attached to an aromatic ring is 1. The lowest BCUT2D eigenvalue weighted by Gasteiger charge is -2.34. The normalized spacial score (nSPS) is 20.0. The van der Waals surface area contributed by atoms with Crippen LogP contribution in [0.15, 0.2) is 12.3 Å². The molecule has 2 amide bonds. The smallest absolute Gasteiger partial charge is 0.260 e. The third-order valence-electron chi connectivity index (χ3n) is 5.72. The summed E-state index contributed by atoms with van der Waals surface area (Å²) < 4.78 is 5.90. The zero-order chi connectivity index (χ0) is 20.4. The number of amides is 2. The van der Waals surface area contributed by atoms with Gasteiger partial charge in [-0.25, -0.2) is 4.98 Å². The number of aromatic nitrogens is 1. The first kappa shape index (κ1) is 19.9. The number of nitrogens with two attached hydrogens (primary N) is 2. The van der Waals surface area contributed by atoms with E-state index in [0.29, 0.717) is 42.7 Å². The van der Waals surface area contributed by atoms with Crippen LogP contribution in [-0.2, 0) is 9.53 Å². The van der Waals surface area contributed by atoms with Crippen molar-refractivity contribution in [3.63, 3.8) is 0 Å². The third-order valence-corrected chi connectivity index (χ3v) is 6.85. The molecule has 0 spiro atoms. The van der Waals surface area contributed by atoms with E-state index >= 15 is 0 Å². The van der Waals surface area contributed by atoms with Crippen molar-refractivity contribution in [2.24, 2.45) is 11.7 Å². The maximum Gasteiger partial charge on any atom is 0.260 e. The average Bonchev–Trinajstić information content (AvgIpc) is 3.28. The van der Waals surface area contributed by atoms with Gasteiger partial charge < -0.3 is 26.0 Å². The number of nitrogens with zero attached hydrogens (tertiary/aromatic N) is 3. The molecular formula is C20H27N5O3S. The van der Waals surface area contributed by atoms with Gasteiger partial charge >= 0.3 is 0 Å². The Bertz CT molecular complexity index is 915. The number of primary amides is 1. The highest BCUT2D eigenvalue weighted by Crippen LogP contribution is 2.39. The Morgan fingerprint density at radius 3 is 2.97 bits per heavy atom. The molecule has 1 unspecified atom stereocenters. The zero-order valence-electron chi connectivity index (χ0n) is 16.4. The number of ether oxygens (including phenoxy) is 1. The van der Waals surface area contributed by atoms with Crippen LogP contribution in [0.4, 0.5) is 11.4 Å². The molecule has 4 N–H and O–H groups in total. The lowest BCUT2D eigenvalue weighted by atomic mass is 9.98. The summed E-state index contributed by atoms with van der Waals surface area (Å²) in [4.78, 5) is 33.0. The summed E-state index contributed by atoms with van der Waals surface area (Å²) in [6.07, 6.45) is 5.56. The number of pyridine rings is 1. The van der Waals surface area contributed by atoms with Crippen LogP contribution in [0.3, 0.4) is 0 Å². The van der Waals surface area contributed by atoms with Gasteiger partial charge in [0.15, 0.2) is 0 Å². The molecular weight excluding hydrogens is 390 g/mol. The van der Waals surface area contributed by atoms with Crippen LogP contribution in [0.25, 0.3) is 10.2 Å². The summed E-state index contributed by atoms with van der Waals surface area (Å²) in [6, 6.07) is 1.96. The first-order valence-electron chi connectivity index (χ1n) is 10.1. The molecule has 0 aliphatic carbocycles. The minimum absolute atomic E-state index is 0.239. The van der Waals surface area contributed by atoms with Gasteiger partial charge in [0.05, 0.1) is 30.0 Å². The second kappa shape index (κ2) is 8.54. The Morgan fingerprint density at radius 2 is 2.21 bits per heavy atom.